The van der Waals surface area contributed by atoms with Crippen molar-refractivity contribution in [1.29, 1.82) is 0 Å². The van der Waals surface area contributed by atoms with Crippen LogP contribution in [0.5, 0.6) is 5.75 Å². The summed E-state index contributed by atoms with van der Waals surface area (Å²) in [6.45, 7) is 4.61. The smallest absolute Gasteiger partial charge is 0.409 e. The molecule has 0 aliphatic carbocycles. The van der Waals surface area contributed by atoms with Gasteiger partial charge in [-0.25, -0.2) is 4.79 Å². The standard InChI is InChI=1S/C18H26N2O4/c1-3-24-16-6-4-14(5-7-16)12-17(21)19-13-15-8-10-20(11-9-15)18(22)23-2/h4-7,15H,3,8-13H2,1-2H3,(H,19,21). The Kier molecular flexibility index (Phi) is 6.90. The fourth-order valence-corrected chi connectivity index (χ4v) is 2.83. The summed E-state index contributed by atoms with van der Waals surface area (Å²) >= 11 is 0. The minimum absolute atomic E-state index is 0.0227. The molecule has 24 heavy (non-hydrogen) atoms. The maximum atomic E-state index is 12.1. The van der Waals surface area contributed by atoms with Crippen molar-refractivity contribution in [3.8, 4) is 5.75 Å². The highest BCUT2D eigenvalue weighted by Gasteiger charge is 2.23. The van der Waals surface area contributed by atoms with Gasteiger partial charge in [0.05, 0.1) is 20.1 Å². The van der Waals surface area contributed by atoms with Crippen LogP contribution in [0.3, 0.4) is 0 Å². The van der Waals surface area contributed by atoms with Crippen LogP contribution in [-0.4, -0.2) is 50.3 Å². The van der Waals surface area contributed by atoms with Crippen molar-refractivity contribution in [1.82, 2.24) is 10.2 Å². The molecule has 1 aliphatic heterocycles. The lowest BCUT2D eigenvalue weighted by atomic mass is 9.97. The minimum Gasteiger partial charge on any atom is -0.494 e. The van der Waals surface area contributed by atoms with Gasteiger partial charge < -0.3 is 19.7 Å². The lowest BCUT2D eigenvalue weighted by Gasteiger charge is -2.30. The molecule has 0 bridgehead atoms. The van der Waals surface area contributed by atoms with Crippen LogP contribution in [0.1, 0.15) is 25.3 Å². The van der Waals surface area contributed by atoms with Gasteiger partial charge in [0.15, 0.2) is 0 Å². The molecule has 6 heteroatoms. The molecule has 0 aromatic heterocycles. The van der Waals surface area contributed by atoms with E-state index >= 15 is 0 Å². The number of hydrogen-bond donors (Lipinski definition) is 1. The van der Waals surface area contributed by atoms with E-state index in [1.165, 1.54) is 7.11 Å². The highest BCUT2D eigenvalue weighted by Crippen LogP contribution is 2.17. The number of nitrogens with zero attached hydrogens (tertiary/aromatic N) is 1. The van der Waals surface area contributed by atoms with E-state index in [1.54, 1.807) is 4.90 Å². The van der Waals surface area contributed by atoms with Crippen LogP contribution in [0.4, 0.5) is 4.79 Å². The predicted molar refractivity (Wildman–Crippen MR) is 91.0 cm³/mol. The van der Waals surface area contributed by atoms with Crippen LogP contribution in [0.25, 0.3) is 0 Å². The molecule has 1 aromatic carbocycles. The zero-order chi connectivity index (χ0) is 17.4. The first-order valence-corrected chi connectivity index (χ1v) is 8.43. The van der Waals surface area contributed by atoms with Crippen LogP contribution in [-0.2, 0) is 16.0 Å². The lowest BCUT2D eigenvalue weighted by molar-refractivity contribution is -0.120. The normalized spacial score (nSPS) is 15.0. The Morgan fingerprint density at radius 1 is 1.21 bits per heavy atom. The van der Waals surface area contributed by atoms with E-state index in [-0.39, 0.29) is 12.0 Å². The lowest BCUT2D eigenvalue weighted by Crippen LogP contribution is -2.41. The van der Waals surface area contributed by atoms with Gasteiger partial charge in [0, 0.05) is 19.6 Å². The number of ether oxygens (including phenoxy) is 2. The van der Waals surface area contributed by atoms with Gasteiger partial charge in [-0.3, -0.25) is 4.79 Å². The average Bonchev–Trinajstić information content (AvgIpc) is 2.61. The van der Waals surface area contributed by atoms with Gasteiger partial charge in [-0.1, -0.05) is 12.1 Å². The Morgan fingerprint density at radius 2 is 1.88 bits per heavy atom. The number of nitrogens with one attached hydrogen (secondary N) is 1. The van der Waals surface area contributed by atoms with Crippen molar-refractivity contribution in [3.05, 3.63) is 29.8 Å². The minimum atomic E-state index is -0.270. The van der Waals surface area contributed by atoms with E-state index < -0.39 is 0 Å². The summed E-state index contributed by atoms with van der Waals surface area (Å²) in [5, 5.41) is 2.99. The second-order valence-corrected chi connectivity index (χ2v) is 5.96. The van der Waals surface area contributed by atoms with Crippen LogP contribution in [0, 0.1) is 5.92 Å². The largest absolute Gasteiger partial charge is 0.494 e. The summed E-state index contributed by atoms with van der Waals surface area (Å²) in [5.74, 6) is 1.25. The zero-order valence-corrected chi connectivity index (χ0v) is 14.4. The molecule has 0 radical (unpaired) electrons. The van der Waals surface area contributed by atoms with Crippen molar-refractivity contribution in [3.63, 3.8) is 0 Å². The molecule has 132 valence electrons. The third-order valence-electron chi connectivity index (χ3n) is 4.23. The number of rotatable bonds is 6. The Balaban J connectivity index is 1.69. The molecule has 2 rings (SSSR count). The summed E-state index contributed by atoms with van der Waals surface area (Å²) in [5.41, 5.74) is 0.969. The third-order valence-corrected chi connectivity index (χ3v) is 4.23. The highest BCUT2D eigenvalue weighted by molar-refractivity contribution is 5.78. The van der Waals surface area contributed by atoms with Crippen LogP contribution in [0.2, 0.25) is 0 Å². The van der Waals surface area contributed by atoms with Gasteiger partial charge in [-0.05, 0) is 43.4 Å². The molecular weight excluding hydrogens is 308 g/mol. The molecule has 1 fully saturated rings. The quantitative estimate of drug-likeness (QED) is 0.866. The third kappa shape index (κ3) is 5.44. The second kappa shape index (κ2) is 9.15. The summed E-state index contributed by atoms with van der Waals surface area (Å²) < 4.78 is 10.1. The Bertz CT molecular complexity index is 536. The number of carbonyl (C=O) groups excluding carboxylic acids is 2. The van der Waals surface area contributed by atoms with E-state index in [2.05, 4.69) is 5.32 Å². The number of amides is 2. The van der Waals surface area contributed by atoms with E-state index in [4.69, 9.17) is 9.47 Å². The van der Waals surface area contributed by atoms with E-state index in [9.17, 15) is 9.59 Å². The number of methoxy groups -OCH3 is 1. The molecule has 0 saturated carbocycles. The molecule has 1 aliphatic rings. The zero-order valence-electron chi connectivity index (χ0n) is 14.4. The topological polar surface area (TPSA) is 67.9 Å². The van der Waals surface area contributed by atoms with Crippen molar-refractivity contribution in [2.75, 3.05) is 33.4 Å². The van der Waals surface area contributed by atoms with Crippen LogP contribution >= 0.6 is 0 Å². The molecule has 1 aromatic rings. The van der Waals surface area contributed by atoms with Crippen LogP contribution in [0.15, 0.2) is 24.3 Å². The first kappa shape index (κ1) is 18.1. The van der Waals surface area contributed by atoms with E-state index in [1.807, 2.05) is 31.2 Å². The van der Waals surface area contributed by atoms with Crippen LogP contribution < -0.4 is 10.1 Å². The summed E-state index contributed by atoms with van der Waals surface area (Å²) in [6, 6.07) is 7.60. The van der Waals surface area contributed by atoms with Gasteiger partial charge in [0.25, 0.3) is 0 Å². The number of piperidine rings is 1. The highest BCUT2D eigenvalue weighted by atomic mass is 16.5. The number of hydrogen-bond acceptors (Lipinski definition) is 4. The van der Waals surface area contributed by atoms with Gasteiger partial charge in [-0.15, -0.1) is 0 Å². The van der Waals surface area contributed by atoms with E-state index in [0.717, 1.165) is 24.2 Å². The van der Waals surface area contributed by atoms with Gasteiger partial charge in [0.1, 0.15) is 5.75 Å². The van der Waals surface area contributed by atoms with E-state index in [0.29, 0.717) is 38.6 Å². The molecule has 6 nitrogen and oxygen atoms in total. The van der Waals surface area contributed by atoms with Crippen molar-refractivity contribution < 1.29 is 19.1 Å². The summed E-state index contributed by atoms with van der Waals surface area (Å²) in [4.78, 5) is 25.2. The molecule has 1 heterocycles. The number of benzene rings is 1. The molecule has 0 spiro atoms. The van der Waals surface area contributed by atoms with Crippen molar-refractivity contribution in [2.24, 2.45) is 5.92 Å². The average molecular weight is 334 g/mol. The fourth-order valence-electron chi connectivity index (χ4n) is 2.83. The molecule has 1 saturated heterocycles. The monoisotopic (exact) mass is 334 g/mol. The number of likely N-dealkylation sites (tertiary alicyclic amines) is 1. The molecular formula is C18H26N2O4. The predicted octanol–water partition coefficient (Wildman–Crippen LogP) is 2.22. The SMILES string of the molecule is CCOc1ccc(CC(=O)NCC2CCN(C(=O)OC)CC2)cc1. The summed E-state index contributed by atoms with van der Waals surface area (Å²) in [6.07, 6.45) is 1.87. The molecule has 2 amide bonds. The maximum absolute atomic E-state index is 12.1. The Hall–Kier alpha value is -2.24. The first-order chi connectivity index (χ1) is 11.6. The van der Waals surface area contributed by atoms with Gasteiger partial charge >= 0.3 is 6.09 Å². The Morgan fingerprint density at radius 3 is 2.46 bits per heavy atom. The second-order valence-electron chi connectivity index (χ2n) is 5.96. The maximum Gasteiger partial charge on any atom is 0.409 e. The molecule has 1 N–H and O–H groups in total. The van der Waals surface area contributed by atoms with Gasteiger partial charge in [-0.2, -0.15) is 0 Å². The first-order valence-electron chi connectivity index (χ1n) is 8.43. The van der Waals surface area contributed by atoms with Gasteiger partial charge in [0.2, 0.25) is 5.91 Å². The number of carbonyl (C=O) groups is 2. The molecule has 0 atom stereocenters. The molecule has 0 unspecified atom stereocenters. The summed E-state index contributed by atoms with van der Waals surface area (Å²) in [7, 11) is 1.40. The van der Waals surface area contributed by atoms with Crippen molar-refractivity contribution >= 4 is 12.0 Å². The Labute approximate surface area is 143 Å². The van der Waals surface area contributed by atoms with Crippen molar-refractivity contribution in [2.45, 2.75) is 26.2 Å². The fraction of sp³-hybridized carbons (Fsp3) is 0.556.